The summed E-state index contributed by atoms with van der Waals surface area (Å²) >= 11 is 0. The van der Waals surface area contributed by atoms with Gasteiger partial charge in [0.1, 0.15) is 18.1 Å². The van der Waals surface area contributed by atoms with Crippen LogP contribution in [0.2, 0.25) is 0 Å². The molecule has 0 saturated carbocycles. The Balaban J connectivity index is 1.72. The molecular formula is C24H25FN2O3. The van der Waals surface area contributed by atoms with Crippen molar-refractivity contribution in [3.8, 4) is 5.75 Å². The average Bonchev–Trinajstić information content (AvgIpc) is 3.28. The topological polar surface area (TPSA) is 75.4 Å². The molecule has 0 atom stereocenters. The molecule has 0 saturated heterocycles. The van der Waals surface area contributed by atoms with Crippen molar-refractivity contribution in [3.63, 3.8) is 0 Å². The van der Waals surface area contributed by atoms with Gasteiger partial charge < -0.3 is 10.2 Å². The molecule has 156 valence electrons. The van der Waals surface area contributed by atoms with Crippen LogP contribution in [0.1, 0.15) is 51.2 Å². The molecule has 0 unspecified atom stereocenters. The van der Waals surface area contributed by atoms with Crippen LogP contribution in [0, 0.1) is 19.7 Å². The lowest BCUT2D eigenvalue weighted by atomic mass is 9.91. The molecule has 2 aromatic carbocycles. The van der Waals surface area contributed by atoms with Gasteiger partial charge in [0.15, 0.2) is 0 Å². The molecule has 0 bridgehead atoms. The minimum atomic E-state index is -0.917. The lowest BCUT2D eigenvalue weighted by molar-refractivity contribution is -0.137. The molecule has 0 radical (unpaired) electrons. The van der Waals surface area contributed by atoms with E-state index in [0.717, 1.165) is 58.5 Å². The van der Waals surface area contributed by atoms with Gasteiger partial charge >= 0.3 is 5.97 Å². The minimum Gasteiger partial charge on any atom is -0.507 e. The second kappa shape index (κ2) is 7.94. The molecule has 0 amide bonds. The van der Waals surface area contributed by atoms with Crippen molar-refractivity contribution in [2.45, 2.75) is 52.5 Å². The van der Waals surface area contributed by atoms with E-state index in [4.69, 9.17) is 5.11 Å². The number of aromatic hydroxyl groups is 1. The summed E-state index contributed by atoms with van der Waals surface area (Å²) in [7, 11) is 0. The van der Waals surface area contributed by atoms with Crippen molar-refractivity contribution < 1.29 is 19.4 Å². The van der Waals surface area contributed by atoms with Gasteiger partial charge in [0.2, 0.25) is 0 Å². The predicted octanol–water partition coefficient (Wildman–Crippen LogP) is 4.10. The van der Waals surface area contributed by atoms with Crippen LogP contribution in [-0.4, -0.2) is 26.0 Å². The zero-order valence-corrected chi connectivity index (χ0v) is 17.2. The zero-order valence-electron chi connectivity index (χ0n) is 17.2. The van der Waals surface area contributed by atoms with Crippen molar-refractivity contribution in [1.82, 2.24) is 9.78 Å². The standard InChI is InChI=1S/C24H25FN2O3/c1-14-22(15(2)27(26-14)13-23(28)29)12-17-11-18(10-16-6-8-19(25)9-7-16)24(30)21-5-3-4-20(17)21/h6-9,11,30H,3-5,10,12-13H2,1-2H3,(H,28,29). The number of hydrogen-bond donors (Lipinski definition) is 2. The Bertz CT molecular complexity index is 1120. The van der Waals surface area contributed by atoms with Gasteiger partial charge in [0.25, 0.3) is 0 Å². The molecule has 2 N–H and O–H groups in total. The third-order valence-electron chi connectivity index (χ3n) is 6.04. The van der Waals surface area contributed by atoms with Crippen LogP contribution in [0.4, 0.5) is 4.39 Å². The largest absolute Gasteiger partial charge is 0.507 e. The van der Waals surface area contributed by atoms with E-state index in [9.17, 15) is 14.3 Å². The summed E-state index contributed by atoms with van der Waals surface area (Å²) in [5.41, 5.74) is 7.85. The van der Waals surface area contributed by atoms with Gasteiger partial charge in [-0.1, -0.05) is 18.2 Å². The van der Waals surface area contributed by atoms with Gasteiger partial charge in [-0.2, -0.15) is 5.10 Å². The molecule has 0 aliphatic heterocycles. The van der Waals surface area contributed by atoms with Gasteiger partial charge in [0.05, 0.1) is 5.69 Å². The van der Waals surface area contributed by atoms with Gasteiger partial charge in [-0.25, -0.2) is 4.39 Å². The monoisotopic (exact) mass is 408 g/mol. The number of aliphatic carboxylic acids is 1. The van der Waals surface area contributed by atoms with E-state index in [1.807, 2.05) is 13.8 Å². The van der Waals surface area contributed by atoms with Crippen LogP contribution >= 0.6 is 0 Å². The number of carboxylic acid groups (broad SMARTS) is 1. The van der Waals surface area contributed by atoms with Crippen molar-refractivity contribution >= 4 is 5.97 Å². The summed E-state index contributed by atoms with van der Waals surface area (Å²) in [4.78, 5) is 11.1. The lowest BCUT2D eigenvalue weighted by Crippen LogP contribution is -2.11. The van der Waals surface area contributed by atoms with Gasteiger partial charge in [-0.3, -0.25) is 9.48 Å². The molecule has 1 aliphatic carbocycles. The van der Waals surface area contributed by atoms with E-state index in [1.54, 1.807) is 12.1 Å². The van der Waals surface area contributed by atoms with Crippen molar-refractivity contribution in [3.05, 3.63) is 80.9 Å². The Morgan fingerprint density at radius 3 is 2.50 bits per heavy atom. The number of carbonyl (C=O) groups is 1. The average molecular weight is 408 g/mol. The lowest BCUT2D eigenvalue weighted by Gasteiger charge is -2.16. The number of phenols is 1. The van der Waals surface area contributed by atoms with E-state index in [0.29, 0.717) is 18.6 Å². The number of benzene rings is 2. The first kappa shape index (κ1) is 20.1. The molecule has 1 aromatic heterocycles. The van der Waals surface area contributed by atoms with Crippen LogP contribution in [0.25, 0.3) is 0 Å². The smallest absolute Gasteiger partial charge is 0.325 e. The molecule has 0 fully saturated rings. The number of aryl methyl sites for hydroxylation is 1. The third-order valence-corrected chi connectivity index (χ3v) is 6.04. The van der Waals surface area contributed by atoms with Crippen LogP contribution < -0.4 is 0 Å². The fourth-order valence-electron chi connectivity index (χ4n) is 4.50. The molecule has 1 heterocycles. The SMILES string of the molecule is Cc1nn(CC(=O)O)c(C)c1Cc1cc(Cc2ccc(F)cc2)c(O)c2c1CCC2. The number of hydrogen-bond acceptors (Lipinski definition) is 3. The fourth-order valence-corrected chi connectivity index (χ4v) is 4.50. The van der Waals surface area contributed by atoms with Crippen LogP contribution in [-0.2, 0) is 37.0 Å². The molecule has 5 nitrogen and oxygen atoms in total. The second-order valence-corrected chi connectivity index (χ2v) is 8.03. The maximum absolute atomic E-state index is 13.3. The van der Waals surface area contributed by atoms with Gasteiger partial charge in [-0.15, -0.1) is 0 Å². The first-order chi connectivity index (χ1) is 14.3. The van der Waals surface area contributed by atoms with Crippen molar-refractivity contribution in [2.75, 3.05) is 0 Å². The van der Waals surface area contributed by atoms with E-state index in [1.165, 1.54) is 22.4 Å². The summed E-state index contributed by atoms with van der Waals surface area (Å²) in [5.74, 6) is -0.841. The molecule has 4 rings (SSSR count). The number of halogens is 1. The van der Waals surface area contributed by atoms with Gasteiger partial charge in [0, 0.05) is 24.1 Å². The number of carboxylic acids is 1. The Morgan fingerprint density at radius 2 is 1.80 bits per heavy atom. The van der Waals surface area contributed by atoms with Crippen LogP contribution in [0.5, 0.6) is 5.75 Å². The van der Waals surface area contributed by atoms with E-state index in [2.05, 4.69) is 11.2 Å². The number of phenolic OH excluding ortho intramolecular Hbond substituents is 1. The summed E-state index contributed by atoms with van der Waals surface area (Å²) in [6.07, 6.45) is 3.96. The van der Waals surface area contributed by atoms with E-state index >= 15 is 0 Å². The Labute approximate surface area is 174 Å². The Hall–Kier alpha value is -3.15. The fraction of sp³-hybridized carbons (Fsp3) is 0.333. The highest BCUT2D eigenvalue weighted by atomic mass is 19.1. The predicted molar refractivity (Wildman–Crippen MR) is 111 cm³/mol. The number of rotatable bonds is 6. The summed E-state index contributed by atoms with van der Waals surface area (Å²) in [6, 6.07) is 8.41. The normalized spacial score (nSPS) is 12.9. The first-order valence-electron chi connectivity index (χ1n) is 10.2. The molecule has 1 aliphatic rings. The van der Waals surface area contributed by atoms with E-state index in [-0.39, 0.29) is 12.4 Å². The minimum absolute atomic E-state index is 0.157. The number of aromatic nitrogens is 2. The first-order valence-corrected chi connectivity index (χ1v) is 10.2. The van der Waals surface area contributed by atoms with Crippen LogP contribution in [0.15, 0.2) is 30.3 Å². The Kier molecular flexibility index (Phi) is 5.33. The third kappa shape index (κ3) is 3.82. The second-order valence-electron chi connectivity index (χ2n) is 8.03. The maximum Gasteiger partial charge on any atom is 0.325 e. The maximum atomic E-state index is 13.3. The Morgan fingerprint density at radius 1 is 1.10 bits per heavy atom. The highest BCUT2D eigenvalue weighted by Gasteiger charge is 2.23. The molecular weight excluding hydrogens is 383 g/mol. The number of fused-ring (bicyclic) bond motifs is 1. The quantitative estimate of drug-likeness (QED) is 0.644. The molecule has 30 heavy (non-hydrogen) atoms. The summed E-state index contributed by atoms with van der Waals surface area (Å²) in [6.45, 7) is 3.65. The summed E-state index contributed by atoms with van der Waals surface area (Å²) in [5, 5.41) is 24.4. The highest BCUT2D eigenvalue weighted by molar-refractivity contribution is 5.66. The summed E-state index contributed by atoms with van der Waals surface area (Å²) < 4.78 is 14.8. The van der Waals surface area contributed by atoms with E-state index < -0.39 is 5.97 Å². The highest BCUT2D eigenvalue weighted by Crippen LogP contribution is 2.38. The van der Waals surface area contributed by atoms with Crippen molar-refractivity contribution in [2.24, 2.45) is 0 Å². The number of nitrogens with zero attached hydrogens (tertiary/aromatic N) is 2. The molecule has 0 spiro atoms. The van der Waals surface area contributed by atoms with Gasteiger partial charge in [-0.05, 0) is 73.1 Å². The van der Waals surface area contributed by atoms with Crippen LogP contribution in [0.3, 0.4) is 0 Å². The van der Waals surface area contributed by atoms with Crippen molar-refractivity contribution in [1.29, 1.82) is 0 Å². The molecule has 3 aromatic rings. The molecule has 6 heteroatoms. The zero-order chi connectivity index (χ0) is 21.4.